The Morgan fingerprint density at radius 2 is 1.70 bits per heavy atom. The molecule has 0 fully saturated rings. The molecule has 2 aromatic carbocycles. The number of hydrogen-bond donors (Lipinski definition) is 0. The molecule has 0 N–H and O–H groups in total. The molecule has 0 saturated heterocycles. The number of halogens is 2. The van der Waals surface area contributed by atoms with Crippen LogP contribution >= 0.6 is 23.2 Å². The average Bonchev–Trinajstić information content (AvgIpc) is 2.44. The third-order valence-electron chi connectivity index (χ3n) is 2.40. The highest BCUT2D eigenvalue weighted by molar-refractivity contribution is 7.87. The average molecular weight is 328 g/mol. The molecule has 0 aromatic heterocycles. The Hall–Kier alpha value is -1.74. The second kappa shape index (κ2) is 5.71. The van der Waals surface area contributed by atoms with Gasteiger partial charge >= 0.3 is 10.1 Å². The maximum absolute atomic E-state index is 12.0. The van der Waals surface area contributed by atoms with E-state index in [1.165, 1.54) is 24.3 Å². The zero-order valence-corrected chi connectivity index (χ0v) is 12.2. The lowest BCUT2D eigenvalue weighted by Gasteiger charge is -2.09. The molecular formula is C13H7Cl2NO3S. The van der Waals surface area contributed by atoms with Crippen LogP contribution in [0.3, 0.4) is 0 Å². The standard InChI is InChI=1S/C13H7Cl2NO3S/c14-11-6-7-12(13(15)10(11)8-16)19-20(17,18)9-4-2-1-3-5-9/h1-7H. The number of hydrogen-bond acceptors (Lipinski definition) is 4. The summed E-state index contributed by atoms with van der Waals surface area (Å²) < 4.78 is 29.0. The van der Waals surface area contributed by atoms with E-state index >= 15 is 0 Å². The molecule has 7 heteroatoms. The summed E-state index contributed by atoms with van der Waals surface area (Å²) in [5.74, 6) is -0.142. The molecular weight excluding hydrogens is 321 g/mol. The molecule has 2 aromatic rings. The summed E-state index contributed by atoms with van der Waals surface area (Å²) in [5, 5.41) is 8.90. The Bertz CT molecular complexity index is 783. The number of nitriles is 1. The lowest BCUT2D eigenvalue weighted by molar-refractivity contribution is 0.486. The van der Waals surface area contributed by atoms with E-state index in [-0.39, 0.29) is 26.3 Å². The van der Waals surface area contributed by atoms with Gasteiger partial charge in [0.1, 0.15) is 16.0 Å². The van der Waals surface area contributed by atoms with Gasteiger partial charge in [0.2, 0.25) is 0 Å². The van der Waals surface area contributed by atoms with Crippen LogP contribution in [0.4, 0.5) is 0 Å². The smallest absolute Gasteiger partial charge is 0.339 e. The second-order valence-corrected chi connectivity index (χ2v) is 6.03. The molecule has 0 heterocycles. The topological polar surface area (TPSA) is 67.2 Å². The Morgan fingerprint density at radius 1 is 1.05 bits per heavy atom. The summed E-state index contributed by atoms with van der Waals surface area (Å²) >= 11 is 11.7. The maximum Gasteiger partial charge on any atom is 0.339 e. The van der Waals surface area contributed by atoms with E-state index in [9.17, 15) is 8.42 Å². The summed E-state index contributed by atoms with van der Waals surface area (Å²) in [6.07, 6.45) is 0. The predicted molar refractivity (Wildman–Crippen MR) is 75.4 cm³/mol. The van der Waals surface area contributed by atoms with E-state index in [0.29, 0.717) is 0 Å². The fraction of sp³-hybridized carbons (Fsp3) is 0. The molecule has 2 rings (SSSR count). The van der Waals surface area contributed by atoms with Crippen LogP contribution in [0.25, 0.3) is 0 Å². The fourth-order valence-corrected chi connectivity index (χ4v) is 2.96. The van der Waals surface area contributed by atoms with Crippen LogP contribution < -0.4 is 4.18 Å². The molecule has 0 aliphatic carbocycles. The van der Waals surface area contributed by atoms with Crippen molar-refractivity contribution in [1.82, 2.24) is 0 Å². The molecule has 20 heavy (non-hydrogen) atoms. The Kier molecular flexibility index (Phi) is 4.19. The minimum Gasteiger partial charge on any atom is -0.377 e. The number of benzene rings is 2. The SMILES string of the molecule is N#Cc1c(Cl)ccc(OS(=O)(=O)c2ccccc2)c1Cl. The normalized spacial score (nSPS) is 10.8. The van der Waals surface area contributed by atoms with E-state index in [2.05, 4.69) is 0 Å². The van der Waals surface area contributed by atoms with Gasteiger partial charge < -0.3 is 4.18 Å². The van der Waals surface area contributed by atoms with Crippen LogP contribution in [-0.2, 0) is 10.1 Å². The zero-order chi connectivity index (χ0) is 14.8. The van der Waals surface area contributed by atoms with E-state index in [4.69, 9.17) is 32.6 Å². The van der Waals surface area contributed by atoms with E-state index in [1.807, 2.05) is 0 Å². The second-order valence-electron chi connectivity index (χ2n) is 3.70. The first-order valence-electron chi connectivity index (χ1n) is 5.33. The monoisotopic (exact) mass is 327 g/mol. The third-order valence-corrected chi connectivity index (χ3v) is 4.34. The maximum atomic E-state index is 12.0. The summed E-state index contributed by atoms with van der Waals surface area (Å²) in [6, 6.07) is 12.0. The van der Waals surface area contributed by atoms with Gasteiger partial charge in [0, 0.05) is 0 Å². The van der Waals surface area contributed by atoms with Crippen molar-refractivity contribution in [3.05, 3.63) is 58.1 Å². The van der Waals surface area contributed by atoms with Crippen molar-refractivity contribution in [2.45, 2.75) is 4.90 Å². The molecule has 0 atom stereocenters. The predicted octanol–water partition coefficient (Wildman–Crippen LogP) is 3.63. The third kappa shape index (κ3) is 2.88. The van der Waals surface area contributed by atoms with Gasteiger partial charge in [0.05, 0.1) is 10.6 Å². The highest BCUT2D eigenvalue weighted by Crippen LogP contribution is 2.34. The summed E-state index contributed by atoms with van der Waals surface area (Å²) in [4.78, 5) is -0.00970. The van der Waals surface area contributed by atoms with E-state index in [1.54, 1.807) is 24.3 Å². The first kappa shape index (κ1) is 14.7. The number of rotatable bonds is 3. The Morgan fingerprint density at radius 3 is 2.30 bits per heavy atom. The molecule has 0 aliphatic heterocycles. The van der Waals surface area contributed by atoms with Crippen molar-refractivity contribution in [3.8, 4) is 11.8 Å². The highest BCUT2D eigenvalue weighted by atomic mass is 35.5. The fourth-order valence-electron chi connectivity index (χ4n) is 1.45. The number of nitrogens with zero attached hydrogens (tertiary/aromatic N) is 1. The lowest BCUT2D eigenvalue weighted by Crippen LogP contribution is -2.10. The quantitative estimate of drug-likeness (QED) is 0.807. The van der Waals surface area contributed by atoms with Gasteiger partial charge in [-0.1, -0.05) is 41.4 Å². The van der Waals surface area contributed by atoms with E-state index < -0.39 is 10.1 Å². The lowest BCUT2D eigenvalue weighted by atomic mass is 10.2. The van der Waals surface area contributed by atoms with Crippen molar-refractivity contribution in [1.29, 1.82) is 5.26 Å². The van der Waals surface area contributed by atoms with Crippen molar-refractivity contribution in [2.75, 3.05) is 0 Å². The van der Waals surface area contributed by atoms with Gasteiger partial charge in [0.25, 0.3) is 0 Å². The summed E-state index contributed by atoms with van der Waals surface area (Å²) in [5.41, 5.74) is -0.0332. The molecule has 0 amide bonds. The van der Waals surface area contributed by atoms with Crippen LogP contribution in [0.15, 0.2) is 47.4 Å². The Balaban J connectivity index is 2.44. The first-order valence-corrected chi connectivity index (χ1v) is 7.50. The molecule has 0 spiro atoms. The van der Waals surface area contributed by atoms with Gasteiger partial charge in [-0.2, -0.15) is 13.7 Å². The minimum atomic E-state index is -4.01. The zero-order valence-electron chi connectivity index (χ0n) is 9.88. The van der Waals surface area contributed by atoms with Crippen LogP contribution in [0.5, 0.6) is 5.75 Å². The van der Waals surface area contributed by atoms with E-state index in [0.717, 1.165) is 0 Å². The van der Waals surface area contributed by atoms with Crippen molar-refractivity contribution in [3.63, 3.8) is 0 Å². The summed E-state index contributed by atoms with van der Waals surface area (Å²) in [7, 11) is -4.01. The van der Waals surface area contributed by atoms with Crippen LogP contribution in [0.1, 0.15) is 5.56 Å². The van der Waals surface area contributed by atoms with Gasteiger partial charge in [-0.25, -0.2) is 0 Å². The minimum absolute atomic E-state index is 0.00970. The Labute approximate surface area is 126 Å². The van der Waals surface area contributed by atoms with Crippen LogP contribution in [0.2, 0.25) is 10.0 Å². The first-order chi connectivity index (χ1) is 9.45. The van der Waals surface area contributed by atoms with Crippen molar-refractivity contribution in [2.24, 2.45) is 0 Å². The molecule has 0 aliphatic rings. The largest absolute Gasteiger partial charge is 0.377 e. The van der Waals surface area contributed by atoms with Crippen molar-refractivity contribution >= 4 is 33.3 Å². The highest BCUT2D eigenvalue weighted by Gasteiger charge is 2.20. The van der Waals surface area contributed by atoms with Gasteiger partial charge in [-0.15, -0.1) is 0 Å². The van der Waals surface area contributed by atoms with Crippen molar-refractivity contribution < 1.29 is 12.6 Å². The molecule has 0 saturated carbocycles. The van der Waals surface area contributed by atoms with Gasteiger partial charge in [-0.3, -0.25) is 0 Å². The molecule has 0 unspecified atom stereocenters. The van der Waals surface area contributed by atoms with Gasteiger partial charge in [-0.05, 0) is 24.3 Å². The molecule has 4 nitrogen and oxygen atoms in total. The van der Waals surface area contributed by atoms with Gasteiger partial charge in [0.15, 0.2) is 5.75 Å². The molecule has 102 valence electrons. The molecule has 0 radical (unpaired) electrons. The molecule has 0 bridgehead atoms. The summed E-state index contributed by atoms with van der Waals surface area (Å²) in [6.45, 7) is 0. The van der Waals surface area contributed by atoms with Crippen LogP contribution in [-0.4, -0.2) is 8.42 Å². The van der Waals surface area contributed by atoms with Crippen LogP contribution in [0, 0.1) is 11.3 Å².